The third-order valence-electron chi connectivity index (χ3n) is 6.75. The quantitative estimate of drug-likeness (QED) is 0.802. The summed E-state index contributed by atoms with van der Waals surface area (Å²) in [5, 5.41) is 6.08. The lowest BCUT2D eigenvalue weighted by Gasteiger charge is -2.46. The van der Waals surface area contributed by atoms with Gasteiger partial charge in [0.15, 0.2) is 0 Å². The fourth-order valence-corrected chi connectivity index (χ4v) is 5.20. The van der Waals surface area contributed by atoms with E-state index in [4.69, 9.17) is 0 Å². The van der Waals surface area contributed by atoms with Gasteiger partial charge in [0.05, 0.1) is 0 Å². The topological polar surface area (TPSA) is 78.5 Å². The van der Waals surface area contributed by atoms with E-state index in [1.807, 2.05) is 30.3 Å². The number of amides is 3. The van der Waals surface area contributed by atoms with Gasteiger partial charge in [0.25, 0.3) is 5.91 Å². The van der Waals surface area contributed by atoms with Crippen LogP contribution >= 0.6 is 0 Å². The molecule has 1 saturated heterocycles. The van der Waals surface area contributed by atoms with E-state index in [2.05, 4.69) is 10.6 Å². The van der Waals surface area contributed by atoms with Gasteiger partial charge in [0.1, 0.15) is 11.6 Å². The van der Waals surface area contributed by atoms with Gasteiger partial charge in [0, 0.05) is 18.2 Å². The standard InChI is InChI=1S/C23H31N3O3/c27-20-14-13-19(25-20)21(28)26(18-11-3-1-4-12-18)23(15-7-2-8-16-23)22(29)24-17-9-5-6-10-17/h1,3-4,11-12,17,19H,2,5-10,13-16H2,(H,24,29)(H,25,27)/t19-/m1/s1. The summed E-state index contributed by atoms with van der Waals surface area (Å²) < 4.78 is 0. The molecule has 1 atom stereocenters. The van der Waals surface area contributed by atoms with Crippen molar-refractivity contribution in [2.24, 2.45) is 0 Å². The Hall–Kier alpha value is -2.37. The van der Waals surface area contributed by atoms with Crippen LogP contribution in [0.5, 0.6) is 0 Å². The lowest BCUT2D eigenvalue weighted by Crippen LogP contribution is -2.65. The summed E-state index contributed by atoms with van der Waals surface area (Å²) in [6, 6.07) is 9.15. The predicted molar refractivity (Wildman–Crippen MR) is 111 cm³/mol. The van der Waals surface area contributed by atoms with Gasteiger partial charge in [-0.1, -0.05) is 50.3 Å². The summed E-state index contributed by atoms with van der Waals surface area (Å²) in [6.45, 7) is 0. The van der Waals surface area contributed by atoms with Crippen molar-refractivity contribution in [2.75, 3.05) is 4.90 Å². The maximum atomic E-state index is 13.7. The molecular formula is C23H31N3O3. The van der Waals surface area contributed by atoms with Crippen molar-refractivity contribution in [3.63, 3.8) is 0 Å². The summed E-state index contributed by atoms with van der Waals surface area (Å²) in [6.07, 6.45) is 9.41. The molecule has 1 aromatic rings. The monoisotopic (exact) mass is 397 g/mol. The molecule has 3 aliphatic rings. The Labute approximate surface area is 172 Å². The van der Waals surface area contributed by atoms with E-state index in [0.717, 1.165) is 50.6 Å². The zero-order valence-electron chi connectivity index (χ0n) is 17.0. The largest absolute Gasteiger partial charge is 0.351 e. The Morgan fingerprint density at radius 1 is 0.966 bits per heavy atom. The second kappa shape index (κ2) is 8.56. The molecule has 29 heavy (non-hydrogen) atoms. The molecule has 3 fully saturated rings. The van der Waals surface area contributed by atoms with E-state index in [1.165, 1.54) is 0 Å². The molecule has 4 rings (SSSR count). The van der Waals surface area contributed by atoms with Gasteiger partial charge in [-0.15, -0.1) is 0 Å². The third kappa shape index (κ3) is 4.02. The molecule has 2 N–H and O–H groups in total. The lowest BCUT2D eigenvalue weighted by molar-refractivity contribution is -0.133. The Balaban J connectivity index is 1.70. The molecule has 156 valence electrons. The zero-order chi connectivity index (χ0) is 20.3. The van der Waals surface area contributed by atoms with Gasteiger partial charge in [-0.2, -0.15) is 0 Å². The molecule has 2 aliphatic carbocycles. The summed E-state index contributed by atoms with van der Waals surface area (Å²) >= 11 is 0. The number of carbonyl (C=O) groups excluding carboxylic acids is 3. The van der Waals surface area contributed by atoms with E-state index in [0.29, 0.717) is 25.7 Å². The number of benzene rings is 1. The highest BCUT2D eigenvalue weighted by molar-refractivity contribution is 6.07. The van der Waals surface area contributed by atoms with Crippen LogP contribution in [0.4, 0.5) is 5.69 Å². The SMILES string of the molecule is O=C1CC[C@H](C(=O)N(c2ccccc2)C2(C(=O)NC3CCCC3)CCCCC2)N1. The van der Waals surface area contributed by atoms with Gasteiger partial charge in [-0.3, -0.25) is 19.3 Å². The van der Waals surface area contributed by atoms with Gasteiger partial charge in [-0.25, -0.2) is 0 Å². The smallest absolute Gasteiger partial charge is 0.250 e. The summed E-state index contributed by atoms with van der Waals surface area (Å²) in [7, 11) is 0. The van der Waals surface area contributed by atoms with Crippen LogP contribution in [0.25, 0.3) is 0 Å². The van der Waals surface area contributed by atoms with Crippen LogP contribution < -0.4 is 15.5 Å². The minimum Gasteiger partial charge on any atom is -0.351 e. The summed E-state index contributed by atoms with van der Waals surface area (Å²) in [5.41, 5.74) is -0.144. The van der Waals surface area contributed by atoms with Gasteiger partial charge < -0.3 is 10.6 Å². The van der Waals surface area contributed by atoms with Gasteiger partial charge >= 0.3 is 0 Å². The molecule has 0 unspecified atom stereocenters. The van der Waals surface area contributed by atoms with Crippen molar-refractivity contribution in [1.82, 2.24) is 10.6 Å². The number of para-hydroxylation sites is 1. The minimum atomic E-state index is -0.882. The second-order valence-corrected chi connectivity index (χ2v) is 8.72. The molecule has 6 nitrogen and oxygen atoms in total. The van der Waals surface area contributed by atoms with Crippen LogP contribution in [0.15, 0.2) is 30.3 Å². The van der Waals surface area contributed by atoms with E-state index in [9.17, 15) is 14.4 Å². The van der Waals surface area contributed by atoms with Crippen molar-refractivity contribution in [2.45, 2.75) is 88.3 Å². The molecule has 1 heterocycles. The summed E-state index contributed by atoms with van der Waals surface area (Å²) in [4.78, 5) is 40.9. The molecule has 6 heteroatoms. The molecule has 1 aliphatic heterocycles. The Morgan fingerprint density at radius 3 is 2.28 bits per heavy atom. The molecule has 1 aromatic carbocycles. The van der Waals surface area contributed by atoms with Crippen LogP contribution in [0.1, 0.15) is 70.6 Å². The molecule has 2 saturated carbocycles. The highest BCUT2D eigenvalue weighted by Crippen LogP contribution is 2.39. The molecule has 0 radical (unpaired) electrons. The molecule has 0 spiro atoms. The third-order valence-corrected chi connectivity index (χ3v) is 6.75. The Bertz CT molecular complexity index is 752. The first-order valence-electron chi connectivity index (χ1n) is 11.1. The van der Waals surface area contributed by atoms with E-state index >= 15 is 0 Å². The normalized spacial score (nSPS) is 24.1. The van der Waals surface area contributed by atoms with E-state index in [1.54, 1.807) is 4.90 Å². The van der Waals surface area contributed by atoms with Crippen LogP contribution in [0, 0.1) is 0 Å². The highest BCUT2D eigenvalue weighted by Gasteiger charge is 2.50. The number of hydrogen-bond acceptors (Lipinski definition) is 3. The van der Waals surface area contributed by atoms with Crippen molar-refractivity contribution < 1.29 is 14.4 Å². The molecule has 0 bridgehead atoms. The van der Waals surface area contributed by atoms with E-state index in [-0.39, 0.29) is 23.8 Å². The van der Waals surface area contributed by atoms with Crippen LogP contribution in [0.3, 0.4) is 0 Å². The van der Waals surface area contributed by atoms with Crippen molar-refractivity contribution >= 4 is 23.4 Å². The van der Waals surface area contributed by atoms with Gasteiger partial charge in [0.2, 0.25) is 11.8 Å². The lowest BCUT2D eigenvalue weighted by atomic mass is 9.78. The maximum absolute atomic E-state index is 13.7. The van der Waals surface area contributed by atoms with Crippen LogP contribution in [-0.4, -0.2) is 35.3 Å². The van der Waals surface area contributed by atoms with Crippen molar-refractivity contribution in [3.05, 3.63) is 30.3 Å². The average Bonchev–Trinajstić information content (AvgIpc) is 3.41. The first-order valence-corrected chi connectivity index (χ1v) is 11.1. The Kier molecular flexibility index (Phi) is 5.88. The van der Waals surface area contributed by atoms with Crippen molar-refractivity contribution in [1.29, 1.82) is 0 Å². The number of nitrogens with one attached hydrogen (secondary N) is 2. The van der Waals surface area contributed by atoms with Crippen LogP contribution in [0.2, 0.25) is 0 Å². The molecular weight excluding hydrogens is 366 g/mol. The van der Waals surface area contributed by atoms with Crippen LogP contribution in [-0.2, 0) is 14.4 Å². The number of carbonyl (C=O) groups is 3. The number of hydrogen-bond donors (Lipinski definition) is 2. The number of nitrogens with zero attached hydrogens (tertiary/aromatic N) is 1. The van der Waals surface area contributed by atoms with Gasteiger partial charge in [-0.05, 0) is 44.2 Å². The fourth-order valence-electron chi connectivity index (χ4n) is 5.20. The molecule has 3 amide bonds. The average molecular weight is 398 g/mol. The Morgan fingerprint density at radius 2 is 1.66 bits per heavy atom. The summed E-state index contributed by atoms with van der Waals surface area (Å²) in [5.74, 6) is -0.277. The first-order chi connectivity index (χ1) is 14.1. The molecule has 0 aromatic heterocycles. The zero-order valence-corrected chi connectivity index (χ0v) is 17.0. The second-order valence-electron chi connectivity index (χ2n) is 8.72. The highest BCUT2D eigenvalue weighted by atomic mass is 16.2. The first kappa shape index (κ1) is 19.9. The number of rotatable bonds is 5. The van der Waals surface area contributed by atoms with E-state index < -0.39 is 11.6 Å². The van der Waals surface area contributed by atoms with Crippen molar-refractivity contribution in [3.8, 4) is 0 Å². The minimum absolute atomic E-state index is 0.0226. The fraction of sp³-hybridized carbons (Fsp3) is 0.609. The predicted octanol–water partition coefficient (Wildman–Crippen LogP) is 3.06. The number of anilines is 1. The maximum Gasteiger partial charge on any atom is 0.250 e.